The molecule has 0 spiro atoms. The van der Waals surface area contributed by atoms with Crippen LogP contribution in [-0.4, -0.2) is 36.7 Å². The Morgan fingerprint density at radius 1 is 1.15 bits per heavy atom. The first-order valence-electron chi connectivity index (χ1n) is 8.32. The minimum atomic E-state index is 0.0829. The minimum Gasteiger partial charge on any atom is -0.396 e. The van der Waals surface area contributed by atoms with Crippen molar-refractivity contribution in [1.29, 1.82) is 5.26 Å². The van der Waals surface area contributed by atoms with Crippen molar-refractivity contribution >= 4 is 22.8 Å². The van der Waals surface area contributed by atoms with Gasteiger partial charge in [0, 0.05) is 12.3 Å². The SMILES string of the molecule is N#Cc1cccc(Nc2ncc3nnn(-c4cccc(CCO)c4)c3n2)c1. The van der Waals surface area contributed by atoms with Gasteiger partial charge in [0.25, 0.3) is 0 Å². The molecule has 0 bridgehead atoms. The zero-order valence-corrected chi connectivity index (χ0v) is 14.2. The van der Waals surface area contributed by atoms with Crippen LogP contribution in [0.15, 0.2) is 54.7 Å². The number of aliphatic hydroxyl groups excluding tert-OH is 1. The van der Waals surface area contributed by atoms with Gasteiger partial charge in [-0.05, 0) is 42.3 Å². The second-order valence-corrected chi connectivity index (χ2v) is 5.86. The van der Waals surface area contributed by atoms with Crippen molar-refractivity contribution in [2.45, 2.75) is 6.42 Å². The number of aliphatic hydroxyl groups is 1. The van der Waals surface area contributed by atoms with Gasteiger partial charge in [-0.25, -0.2) is 4.98 Å². The van der Waals surface area contributed by atoms with Crippen LogP contribution in [0.5, 0.6) is 0 Å². The van der Waals surface area contributed by atoms with Crippen LogP contribution in [-0.2, 0) is 6.42 Å². The maximum Gasteiger partial charge on any atom is 0.229 e. The van der Waals surface area contributed by atoms with Gasteiger partial charge >= 0.3 is 0 Å². The summed E-state index contributed by atoms with van der Waals surface area (Å²) in [6.45, 7) is 0.0829. The molecule has 8 nitrogen and oxygen atoms in total. The van der Waals surface area contributed by atoms with Crippen LogP contribution in [0.1, 0.15) is 11.1 Å². The fraction of sp³-hybridized carbons (Fsp3) is 0.105. The first-order chi connectivity index (χ1) is 13.3. The van der Waals surface area contributed by atoms with Crippen LogP contribution >= 0.6 is 0 Å². The average Bonchev–Trinajstić information content (AvgIpc) is 3.12. The van der Waals surface area contributed by atoms with Gasteiger partial charge in [0.1, 0.15) is 0 Å². The Balaban J connectivity index is 1.71. The molecule has 27 heavy (non-hydrogen) atoms. The van der Waals surface area contributed by atoms with Crippen molar-refractivity contribution in [2.75, 3.05) is 11.9 Å². The Bertz CT molecular complexity index is 1150. The molecule has 0 radical (unpaired) electrons. The number of hydrogen-bond donors (Lipinski definition) is 2. The summed E-state index contributed by atoms with van der Waals surface area (Å²) >= 11 is 0. The highest BCUT2D eigenvalue weighted by Crippen LogP contribution is 2.19. The third-order valence-electron chi connectivity index (χ3n) is 4.00. The molecule has 0 unspecified atom stereocenters. The van der Waals surface area contributed by atoms with Crippen molar-refractivity contribution in [3.63, 3.8) is 0 Å². The first kappa shape index (κ1) is 16.6. The Hall–Kier alpha value is -3.83. The Morgan fingerprint density at radius 2 is 2.04 bits per heavy atom. The fourth-order valence-corrected chi connectivity index (χ4v) is 2.73. The molecule has 0 aliphatic heterocycles. The molecule has 132 valence electrons. The molecule has 0 aliphatic rings. The van der Waals surface area contributed by atoms with Crippen molar-refractivity contribution in [2.24, 2.45) is 0 Å². The van der Waals surface area contributed by atoms with Gasteiger partial charge in [-0.3, -0.25) is 0 Å². The molecule has 4 aromatic rings. The number of nitrogens with one attached hydrogen (secondary N) is 1. The van der Waals surface area contributed by atoms with Gasteiger partial charge in [-0.1, -0.05) is 23.4 Å². The standard InChI is InChI=1S/C19H15N7O/c20-11-14-4-1-5-15(9-14)22-19-21-12-17-18(23-19)26(25-24-17)16-6-2-3-13(10-16)7-8-27/h1-6,9-10,12,27H,7-8H2,(H,21,22,23). The molecular weight excluding hydrogens is 342 g/mol. The third-order valence-corrected chi connectivity index (χ3v) is 4.00. The predicted molar refractivity (Wildman–Crippen MR) is 99.7 cm³/mol. The highest BCUT2D eigenvalue weighted by Gasteiger charge is 2.11. The lowest BCUT2D eigenvalue weighted by Gasteiger charge is -2.06. The molecule has 4 rings (SSSR count). The first-order valence-corrected chi connectivity index (χ1v) is 8.32. The molecule has 0 amide bonds. The lowest BCUT2D eigenvalue weighted by Crippen LogP contribution is -2.02. The fourth-order valence-electron chi connectivity index (χ4n) is 2.73. The summed E-state index contributed by atoms with van der Waals surface area (Å²) in [4.78, 5) is 8.78. The quantitative estimate of drug-likeness (QED) is 0.564. The summed E-state index contributed by atoms with van der Waals surface area (Å²) < 4.78 is 1.63. The Labute approximate surface area is 154 Å². The van der Waals surface area contributed by atoms with Crippen LogP contribution in [0.3, 0.4) is 0 Å². The Morgan fingerprint density at radius 3 is 2.89 bits per heavy atom. The van der Waals surface area contributed by atoms with E-state index in [2.05, 4.69) is 31.7 Å². The molecule has 2 aromatic carbocycles. The second kappa shape index (κ2) is 7.19. The van der Waals surface area contributed by atoms with Crippen molar-refractivity contribution in [3.05, 3.63) is 65.9 Å². The highest BCUT2D eigenvalue weighted by atomic mass is 16.2. The molecule has 0 fully saturated rings. The van der Waals surface area contributed by atoms with Gasteiger partial charge in [-0.2, -0.15) is 14.9 Å². The van der Waals surface area contributed by atoms with Crippen molar-refractivity contribution < 1.29 is 5.11 Å². The van der Waals surface area contributed by atoms with E-state index in [4.69, 9.17) is 10.4 Å². The van der Waals surface area contributed by atoms with Crippen LogP contribution in [0, 0.1) is 11.3 Å². The maximum absolute atomic E-state index is 9.14. The van der Waals surface area contributed by atoms with E-state index >= 15 is 0 Å². The van der Waals surface area contributed by atoms with E-state index in [1.54, 1.807) is 29.1 Å². The number of anilines is 2. The monoisotopic (exact) mass is 357 g/mol. The second-order valence-electron chi connectivity index (χ2n) is 5.86. The topological polar surface area (TPSA) is 113 Å². The molecule has 2 heterocycles. The maximum atomic E-state index is 9.14. The minimum absolute atomic E-state index is 0.0829. The summed E-state index contributed by atoms with van der Waals surface area (Å²) in [5.74, 6) is 0.382. The molecule has 2 aromatic heterocycles. The number of hydrogen-bond acceptors (Lipinski definition) is 7. The summed E-state index contributed by atoms with van der Waals surface area (Å²) in [6.07, 6.45) is 2.16. The molecule has 0 saturated carbocycles. The summed E-state index contributed by atoms with van der Waals surface area (Å²) in [5, 5.41) is 29.5. The van der Waals surface area contributed by atoms with E-state index in [1.165, 1.54) is 0 Å². The number of nitrogens with zero attached hydrogens (tertiary/aromatic N) is 6. The van der Waals surface area contributed by atoms with Gasteiger partial charge in [0.15, 0.2) is 11.2 Å². The van der Waals surface area contributed by atoms with Gasteiger partial charge < -0.3 is 10.4 Å². The highest BCUT2D eigenvalue weighted by molar-refractivity contribution is 5.73. The summed E-state index contributed by atoms with van der Waals surface area (Å²) in [7, 11) is 0. The van der Waals surface area contributed by atoms with Gasteiger partial charge in [0.2, 0.25) is 5.95 Å². The van der Waals surface area contributed by atoms with E-state index < -0.39 is 0 Å². The number of rotatable bonds is 5. The molecule has 2 N–H and O–H groups in total. The van der Waals surface area contributed by atoms with Crippen LogP contribution in [0.2, 0.25) is 0 Å². The lowest BCUT2D eigenvalue weighted by atomic mass is 10.1. The van der Waals surface area contributed by atoms with E-state index in [0.29, 0.717) is 29.1 Å². The third kappa shape index (κ3) is 3.44. The van der Waals surface area contributed by atoms with E-state index in [0.717, 1.165) is 16.9 Å². The average molecular weight is 357 g/mol. The van der Waals surface area contributed by atoms with Crippen molar-refractivity contribution in [1.82, 2.24) is 25.0 Å². The van der Waals surface area contributed by atoms with Gasteiger partial charge in [0.05, 0.1) is 23.5 Å². The number of nitriles is 1. The van der Waals surface area contributed by atoms with E-state index in [-0.39, 0.29) is 6.61 Å². The molecule has 0 atom stereocenters. The zero-order valence-electron chi connectivity index (χ0n) is 14.2. The smallest absolute Gasteiger partial charge is 0.229 e. The normalized spacial score (nSPS) is 10.7. The number of fused-ring (bicyclic) bond motifs is 1. The van der Waals surface area contributed by atoms with E-state index in [1.807, 2.05) is 30.3 Å². The van der Waals surface area contributed by atoms with Crippen molar-refractivity contribution in [3.8, 4) is 11.8 Å². The van der Waals surface area contributed by atoms with Gasteiger partial charge in [-0.15, -0.1) is 5.10 Å². The molecule has 8 heteroatoms. The largest absolute Gasteiger partial charge is 0.396 e. The number of aromatic nitrogens is 5. The van der Waals surface area contributed by atoms with Crippen LogP contribution in [0.25, 0.3) is 16.9 Å². The molecule has 0 aliphatic carbocycles. The summed E-state index contributed by atoms with van der Waals surface area (Å²) in [5.41, 5.74) is 4.20. The summed E-state index contributed by atoms with van der Waals surface area (Å²) in [6, 6.07) is 16.9. The predicted octanol–water partition coefficient (Wildman–Crippen LogP) is 2.36. The molecular formula is C19H15N7O. The molecule has 0 saturated heterocycles. The van der Waals surface area contributed by atoms with Crippen LogP contribution < -0.4 is 5.32 Å². The zero-order chi connectivity index (χ0) is 18.6. The number of benzene rings is 2. The van der Waals surface area contributed by atoms with E-state index in [9.17, 15) is 0 Å². The Kier molecular flexibility index (Phi) is 4.43. The van der Waals surface area contributed by atoms with Crippen LogP contribution in [0.4, 0.5) is 11.6 Å². The lowest BCUT2D eigenvalue weighted by molar-refractivity contribution is 0.299.